The van der Waals surface area contributed by atoms with Crippen LogP contribution in [0.25, 0.3) is 5.57 Å². The minimum atomic E-state index is -0.327. The summed E-state index contributed by atoms with van der Waals surface area (Å²) in [4.78, 5) is 30.6. The van der Waals surface area contributed by atoms with E-state index in [1.807, 2.05) is 36.9 Å². The molecule has 2 heterocycles. The lowest BCUT2D eigenvalue weighted by molar-refractivity contribution is -0.120. The van der Waals surface area contributed by atoms with Gasteiger partial charge in [-0.2, -0.15) is 0 Å². The molecule has 0 aliphatic carbocycles. The number of hydrogen-bond donors (Lipinski definition) is 1. The van der Waals surface area contributed by atoms with Gasteiger partial charge in [-0.15, -0.1) is 0 Å². The van der Waals surface area contributed by atoms with Gasteiger partial charge in [-0.1, -0.05) is 29.8 Å². The summed E-state index contributed by atoms with van der Waals surface area (Å²) in [7, 11) is 1.56. The number of piperidine rings is 1. The monoisotopic (exact) mass is 420 g/mol. The van der Waals surface area contributed by atoms with E-state index in [1.54, 1.807) is 31.4 Å². The van der Waals surface area contributed by atoms with E-state index in [2.05, 4.69) is 0 Å². The van der Waals surface area contributed by atoms with Crippen LogP contribution in [-0.4, -0.2) is 48.6 Å². The first-order chi connectivity index (χ1) is 14.9. The highest BCUT2D eigenvalue weighted by Gasteiger charge is 2.43. The van der Waals surface area contributed by atoms with Gasteiger partial charge in [-0.25, -0.2) is 4.90 Å². The Balaban J connectivity index is 1.84. The summed E-state index contributed by atoms with van der Waals surface area (Å²) in [6.45, 7) is 5.29. The Labute approximate surface area is 182 Å². The largest absolute Gasteiger partial charge is 0.497 e. The van der Waals surface area contributed by atoms with Crippen LogP contribution >= 0.6 is 0 Å². The van der Waals surface area contributed by atoms with Gasteiger partial charge in [0.15, 0.2) is 0 Å². The Morgan fingerprint density at radius 2 is 1.90 bits per heavy atom. The maximum atomic E-state index is 13.7. The molecule has 2 aromatic rings. The summed E-state index contributed by atoms with van der Waals surface area (Å²) in [5.74, 6) is 0.0199. The fraction of sp³-hybridized carbons (Fsp3) is 0.360. The van der Waals surface area contributed by atoms with Crippen molar-refractivity contribution in [2.75, 3.05) is 31.7 Å². The highest BCUT2D eigenvalue weighted by Crippen LogP contribution is 2.38. The summed E-state index contributed by atoms with van der Waals surface area (Å²) in [5, 5.41) is 9.70. The molecule has 1 N–H and O–H groups in total. The number of carbonyl (C=O) groups is 2. The number of methoxy groups -OCH3 is 1. The second-order valence-electron chi connectivity index (χ2n) is 8.33. The third-order valence-electron chi connectivity index (χ3n) is 6.12. The second kappa shape index (κ2) is 8.55. The van der Waals surface area contributed by atoms with Crippen molar-refractivity contribution < 1.29 is 19.4 Å². The lowest BCUT2D eigenvalue weighted by Gasteiger charge is -2.34. The van der Waals surface area contributed by atoms with Gasteiger partial charge in [0.1, 0.15) is 11.4 Å². The molecular formula is C25H28N2O4. The van der Waals surface area contributed by atoms with Gasteiger partial charge < -0.3 is 14.7 Å². The van der Waals surface area contributed by atoms with Crippen LogP contribution in [0, 0.1) is 19.8 Å². The van der Waals surface area contributed by atoms with E-state index in [0.29, 0.717) is 35.8 Å². The van der Waals surface area contributed by atoms with Crippen LogP contribution in [0.5, 0.6) is 5.75 Å². The molecule has 0 spiro atoms. The first-order valence-corrected chi connectivity index (χ1v) is 10.6. The summed E-state index contributed by atoms with van der Waals surface area (Å²) in [6.07, 6.45) is 1.79. The molecule has 6 heteroatoms. The fourth-order valence-corrected chi connectivity index (χ4v) is 4.55. The zero-order valence-corrected chi connectivity index (χ0v) is 18.2. The number of aliphatic hydroxyl groups is 1. The molecule has 0 radical (unpaired) electrons. The molecule has 31 heavy (non-hydrogen) atoms. The quantitative estimate of drug-likeness (QED) is 0.752. The van der Waals surface area contributed by atoms with Gasteiger partial charge in [-0.05, 0) is 55.9 Å². The van der Waals surface area contributed by atoms with Crippen molar-refractivity contribution in [1.29, 1.82) is 0 Å². The standard InChI is InChI=1S/C25H28N2O4/c1-16-9-10-21(17(2)12-16)22-23(26-11-5-6-18(14-26)15-28)25(30)27(24(22)29)19-7-4-8-20(13-19)31-3/h4,7-10,12-13,18,28H,5-6,11,14-15H2,1-3H3. The van der Waals surface area contributed by atoms with Crippen LogP contribution in [0.15, 0.2) is 48.2 Å². The van der Waals surface area contributed by atoms with Gasteiger partial charge in [0.05, 0.1) is 18.4 Å². The zero-order chi connectivity index (χ0) is 22.1. The molecule has 1 unspecified atom stereocenters. The number of anilines is 1. The molecule has 2 aromatic carbocycles. The molecule has 4 rings (SSSR count). The highest BCUT2D eigenvalue weighted by atomic mass is 16.5. The van der Waals surface area contributed by atoms with E-state index in [9.17, 15) is 14.7 Å². The third kappa shape index (κ3) is 3.83. The third-order valence-corrected chi connectivity index (χ3v) is 6.12. The van der Waals surface area contributed by atoms with Gasteiger partial charge in [0.25, 0.3) is 11.8 Å². The second-order valence-corrected chi connectivity index (χ2v) is 8.33. The number of aliphatic hydroxyl groups excluding tert-OH is 1. The van der Waals surface area contributed by atoms with Crippen molar-refractivity contribution in [1.82, 2.24) is 4.90 Å². The van der Waals surface area contributed by atoms with Gasteiger partial charge in [0, 0.05) is 25.8 Å². The summed E-state index contributed by atoms with van der Waals surface area (Å²) in [6, 6.07) is 12.9. The maximum absolute atomic E-state index is 13.7. The molecule has 162 valence electrons. The van der Waals surface area contributed by atoms with Gasteiger partial charge >= 0.3 is 0 Å². The molecule has 1 saturated heterocycles. The molecular weight excluding hydrogens is 392 g/mol. The van der Waals surface area contributed by atoms with Crippen LogP contribution in [0.4, 0.5) is 5.69 Å². The number of hydrogen-bond acceptors (Lipinski definition) is 5. The van der Waals surface area contributed by atoms with Gasteiger partial charge in [0.2, 0.25) is 0 Å². The number of aryl methyl sites for hydroxylation is 2. The summed E-state index contributed by atoms with van der Waals surface area (Å²) in [5.41, 5.74) is 4.18. The number of amides is 2. The fourth-order valence-electron chi connectivity index (χ4n) is 4.55. The Bertz CT molecular complexity index is 1060. The van der Waals surface area contributed by atoms with Crippen molar-refractivity contribution in [3.63, 3.8) is 0 Å². The highest BCUT2D eigenvalue weighted by molar-refractivity contribution is 6.45. The summed E-state index contributed by atoms with van der Waals surface area (Å²) >= 11 is 0. The summed E-state index contributed by atoms with van der Waals surface area (Å²) < 4.78 is 5.30. The Kier molecular flexibility index (Phi) is 5.83. The first-order valence-electron chi connectivity index (χ1n) is 10.6. The molecule has 2 aliphatic rings. The Morgan fingerprint density at radius 1 is 1.10 bits per heavy atom. The molecule has 0 aromatic heterocycles. The maximum Gasteiger partial charge on any atom is 0.282 e. The van der Waals surface area contributed by atoms with Crippen LogP contribution in [0.2, 0.25) is 0 Å². The van der Waals surface area contributed by atoms with Crippen molar-refractivity contribution in [3.05, 3.63) is 64.9 Å². The number of likely N-dealkylation sites (tertiary alicyclic amines) is 1. The van der Waals surface area contributed by atoms with Crippen LogP contribution in [0.1, 0.15) is 29.5 Å². The minimum Gasteiger partial charge on any atom is -0.497 e. The molecule has 0 bridgehead atoms. The average molecular weight is 421 g/mol. The lowest BCUT2D eigenvalue weighted by Crippen LogP contribution is -2.40. The number of imide groups is 1. The average Bonchev–Trinajstić information content (AvgIpc) is 3.03. The Morgan fingerprint density at radius 3 is 2.61 bits per heavy atom. The number of benzene rings is 2. The predicted molar refractivity (Wildman–Crippen MR) is 120 cm³/mol. The van der Waals surface area contributed by atoms with E-state index >= 15 is 0 Å². The van der Waals surface area contributed by atoms with Crippen LogP contribution in [-0.2, 0) is 9.59 Å². The predicted octanol–water partition coefficient (Wildman–Crippen LogP) is 3.30. The smallest absolute Gasteiger partial charge is 0.282 e. The molecule has 6 nitrogen and oxygen atoms in total. The van der Waals surface area contributed by atoms with E-state index in [4.69, 9.17) is 4.74 Å². The number of ether oxygens (including phenoxy) is 1. The normalized spacial score (nSPS) is 19.4. The number of rotatable bonds is 5. The topological polar surface area (TPSA) is 70.1 Å². The van der Waals surface area contributed by atoms with E-state index < -0.39 is 0 Å². The minimum absolute atomic E-state index is 0.0738. The zero-order valence-electron chi connectivity index (χ0n) is 18.2. The molecule has 1 fully saturated rings. The molecule has 2 amide bonds. The van der Waals surface area contributed by atoms with Crippen molar-refractivity contribution in [2.24, 2.45) is 5.92 Å². The molecule has 1 atom stereocenters. The van der Waals surface area contributed by atoms with Crippen molar-refractivity contribution in [2.45, 2.75) is 26.7 Å². The van der Waals surface area contributed by atoms with Crippen LogP contribution < -0.4 is 9.64 Å². The number of nitrogens with zero attached hydrogens (tertiary/aromatic N) is 2. The molecule has 0 saturated carbocycles. The van der Waals surface area contributed by atoms with Gasteiger partial charge in [-0.3, -0.25) is 9.59 Å². The Hall–Kier alpha value is -3.12. The van der Waals surface area contributed by atoms with E-state index in [-0.39, 0.29) is 24.3 Å². The lowest BCUT2D eigenvalue weighted by atomic mass is 9.95. The SMILES string of the molecule is COc1cccc(N2C(=O)C(c3ccc(C)cc3C)=C(N3CCCC(CO)C3)C2=O)c1. The number of carbonyl (C=O) groups excluding carboxylic acids is 2. The van der Waals surface area contributed by atoms with E-state index in [0.717, 1.165) is 29.5 Å². The van der Waals surface area contributed by atoms with Crippen LogP contribution in [0.3, 0.4) is 0 Å². The van der Waals surface area contributed by atoms with Crippen molar-refractivity contribution in [3.8, 4) is 5.75 Å². The molecule has 2 aliphatic heterocycles. The first kappa shape index (κ1) is 21.1. The van der Waals surface area contributed by atoms with Crippen molar-refractivity contribution >= 4 is 23.1 Å². The van der Waals surface area contributed by atoms with E-state index in [1.165, 1.54) is 4.90 Å².